The zero-order valence-corrected chi connectivity index (χ0v) is 11.9. The lowest BCUT2D eigenvalue weighted by molar-refractivity contribution is -0.148. The summed E-state index contributed by atoms with van der Waals surface area (Å²) in [4.78, 5) is 10.9. The molecule has 1 aromatic rings. The largest absolute Gasteiger partial charge is 0.464 e. The minimum Gasteiger partial charge on any atom is -0.464 e. The Hall–Kier alpha value is -1.21. The normalized spacial score (nSPS) is 10.3. The second-order valence-electron chi connectivity index (χ2n) is 3.53. The van der Waals surface area contributed by atoms with Crippen LogP contribution in [0.3, 0.4) is 0 Å². The van der Waals surface area contributed by atoms with E-state index < -0.39 is 17.6 Å². The van der Waals surface area contributed by atoms with Gasteiger partial charge >= 0.3 is 5.97 Å². The third kappa shape index (κ3) is 5.52. The minimum atomic E-state index is -0.697. The number of anilines is 1. The molecule has 106 valence electrons. The Morgan fingerprint density at radius 3 is 2.79 bits per heavy atom. The summed E-state index contributed by atoms with van der Waals surface area (Å²) in [7, 11) is 0. The molecule has 1 rings (SSSR count). The Morgan fingerprint density at radius 2 is 2.16 bits per heavy atom. The molecular formula is C12H14BrF2NO3. The highest BCUT2D eigenvalue weighted by Gasteiger charge is 2.09. The third-order valence-corrected chi connectivity index (χ3v) is 2.71. The molecule has 19 heavy (non-hydrogen) atoms. The summed E-state index contributed by atoms with van der Waals surface area (Å²) < 4.78 is 36.2. The molecule has 1 aromatic carbocycles. The molecule has 0 saturated heterocycles. The third-order valence-electron chi connectivity index (χ3n) is 2.08. The first-order valence-electron chi connectivity index (χ1n) is 5.66. The molecule has 0 spiro atoms. The molecule has 0 fully saturated rings. The summed E-state index contributed by atoms with van der Waals surface area (Å²) in [6, 6.07) is 1.94. The first kappa shape index (κ1) is 15.8. The van der Waals surface area contributed by atoms with Crippen LogP contribution >= 0.6 is 15.9 Å². The van der Waals surface area contributed by atoms with E-state index in [1.807, 2.05) is 0 Å². The van der Waals surface area contributed by atoms with Crippen LogP contribution in [0.2, 0.25) is 0 Å². The summed E-state index contributed by atoms with van der Waals surface area (Å²) in [6.45, 7) is 2.33. The quantitative estimate of drug-likeness (QED) is 0.614. The molecule has 0 unspecified atom stereocenters. The molecule has 0 atom stereocenters. The number of benzene rings is 1. The van der Waals surface area contributed by atoms with Crippen molar-refractivity contribution in [3.8, 4) is 0 Å². The van der Waals surface area contributed by atoms with E-state index in [0.717, 1.165) is 12.1 Å². The number of halogens is 3. The average molecular weight is 338 g/mol. The van der Waals surface area contributed by atoms with Crippen molar-refractivity contribution in [1.29, 1.82) is 0 Å². The fourth-order valence-corrected chi connectivity index (χ4v) is 1.87. The molecule has 7 heteroatoms. The van der Waals surface area contributed by atoms with Gasteiger partial charge in [0.15, 0.2) is 0 Å². The number of rotatable bonds is 7. The molecule has 0 aliphatic rings. The molecule has 0 amide bonds. The van der Waals surface area contributed by atoms with Crippen LogP contribution in [0, 0.1) is 11.6 Å². The van der Waals surface area contributed by atoms with Gasteiger partial charge in [0.1, 0.15) is 18.2 Å². The van der Waals surface area contributed by atoms with Gasteiger partial charge in [-0.25, -0.2) is 13.6 Å². The SMILES string of the molecule is CCOC(=O)COCCNc1c(F)cc(F)cc1Br. The van der Waals surface area contributed by atoms with Gasteiger partial charge in [-0.3, -0.25) is 0 Å². The second-order valence-corrected chi connectivity index (χ2v) is 4.38. The van der Waals surface area contributed by atoms with E-state index in [2.05, 4.69) is 26.0 Å². The summed E-state index contributed by atoms with van der Waals surface area (Å²) in [5, 5.41) is 2.75. The summed E-state index contributed by atoms with van der Waals surface area (Å²) >= 11 is 3.05. The van der Waals surface area contributed by atoms with E-state index in [0.29, 0.717) is 6.61 Å². The highest BCUT2D eigenvalue weighted by Crippen LogP contribution is 2.26. The monoisotopic (exact) mass is 337 g/mol. The van der Waals surface area contributed by atoms with Crippen LogP contribution < -0.4 is 5.32 Å². The second kappa shape index (κ2) is 8.06. The number of carbonyl (C=O) groups is 1. The van der Waals surface area contributed by atoms with Gasteiger partial charge in [-0.05, 0) is 28.9 Å². The van der Waals surface area contributed by atoms with E-state index in [1.165, 1.54) is 0 Å². The van der Waals surface area contributed by atoms with Crippen molar-refractivity contribution in [2.75, 3.05) is 31.7 Å². The Balaban J connectivity index is 2.32. The zero-order valence-electron chi connectivity index (χ0n) is 10.3. The van der Waals surface area contributed by atoms with Gasteiger partial charge in [0.2, 0.25) is 0 Å². The van der Waals surface area contributed by atoms with Gasteiger partial charge in [0, 0.05) is 17.1 Å². The van der Waals surface area contributed by atoms with Crippen LogP contribution in [-0.2, 0) is 14.3 Å². The maximum Gasteiger partial charge on any atom is 0.332 e. The highest BCUT2D eigenvalue weighted by molar-refractivity contribution is 9.10. The number of hydrogen-bond acceptors (Lipinski definition) is 4. The number of nitrogens with one attached hydrogen (secondary N) is 1. The lowest BCUT2D eigenvalue weighted by atomic mass is 10.3. The van der Waals surface area contributed by atoms with Gasteiger partial charge < -0.3 is 14.8 Å². The fourth-order valence-electron chi connectivity index (χ4n) is 1.32. The molecule has 1 N–H and O–H groups in total. The average Bonchev–Trinajstić information content (AvgIpc) is 2.31. The molecule has 0 heterocycles. The Kier molecular flexibility index (Phi) is 6.72. The van der Waals surface area contributed by atoms with Crippen LogP contribution in [0.1, 0.15) is 6.92 Å². The standard InChI is InChI=1S/C12H14BrF2NO3/c1-2-19-11(17)7-18-4-3-16-12-9(13)5-8(14)6-10(12)15/h5-6,16H,2-4,7H2,1H3. The molecule has 0 bridgehead atoms. The van der Waals surface area contributed by atoms with Gasteiger partial charge in [0.25, 0.3) is 0 Å². The number of esters is 1. The molecule has 0 aromatic heterocycles. The first-order chi connectivity index (χ1) is 9.04. The van der Waals surface area contributed by atoms with Crippen LogP contribution in [0.5, 0.6) is 0 Å². The predicted molar refractivity (Wildman–Crippen MR) is 70.0 cm³/mol. The Morgan fingerprint density at radius 1 is 1.42 bits per heavy atom. The molecule has 0 aliphatic carbocycles. The lowest BCUT2D eigenvalue weighted by Crippen LogP contribution is -2.17. The van der Waals surface area contributed by atoms with E-state index in [-0.39, 0.29) is 29.9 Å². The molecule has 0 saturated carbocycles. The van der Waals surface area contributed by atoms with Gasteiger partial charge in [-0.1, -0.05) is 0 Å². The van der Waals surface area contributed by atoms with E-state index >= 15 is 0 Å². The number of carbonyl (C=O) groups excluding carboxylic acids is 1. The van der Waals surface area contributed by atoms with E-state index in [9.17, 15) is 13.6 Å². The Labute approximate surface area is 118 Å². The number of hydrogen-bond donors (Lipinski definition) is 1. The van der Waals surface area contributed by atoms with Crippen LogP contribution in [0.25, 0.3) is 0 Å². The van der Waals surface area contributed by atoms with Crippen molar-refractivity contribution < 1.29 is 23.0 Å². The maximum atomic E-state index is 13.4. The van der Waals surface area contributed by atoms with Crippen molar-refractivity contribution in [3.05, 3.63) is 28.2 Å². The summed E-state index contributed by atoms with van der Waals surface area (Å²) in [5.74, 6) is -1.80. The maximum absolute atomic E-state index is 13.4. The topological polar surface area (TPSA) is 47.6 Å². The smallest absolute Gasteiger partial charge is 0.332 e. The fraction of sp³-hybridized carbons (Fsp3) is 0.417. The molecule has 4 nitrogen and oxygen atoms in total. The highest BCUT2D eigenvalue weighted by atomic mass is 79.9. The number of ether oxygens (including phenoxy) is 2. The summed E-state index contributed by atoms with van der Waals surface area (Å²) in [6.07, 6.45) is 0. The summed E-state index contributed by atoms with van der Waals surface area (Å²) in [5.41, 5.74) is 0.154. The van der Waals surface area contributed by atoms with Crippen molar-refractivity contribution in [2.24, 2.45) is 0 Å². The minimum absolute atomic E-state index is 0.150. The van der Waals surface area contributed by atoms with Crippen molar-refractivity contribution >= 4 is 27.6 Å². The first-order valence-corrected chi connectivity index (χ1v) is 6.45. The van der Waals surface area contributed by atoms with E-state index in [1.54, 1.807) is 6.92 Å². The van der Waals surface area contributed by atoms with Gasteiger partial charge in [0.05, 0.1) is 18.9 Å². The Bertz CT molecular complexity index is 420. The van der Waals surface area contributed by atoms with Gasteiger partial charge in [-0.15, -0.1) is 0 Å². The van der Waals surface area contributed by atoms with Crippen molar-refractivity contribution in [3.63, 3.8) is 0 Å². The van der Waals surface area contributed by atoms with E-state index in [4.69, 9.17) is 4.74 Å². The van der Waals surface area contributed by atoms with Gasteiger partial charge in [-0.2, -0.15) is 0 Å². The van der Waals surface area contributed by atoms with Crippen LogP contribution in [0.15, 0.2) is 16.6 Å². The molecule has 0 aliphatic heterocycles. The molecular weight excluding hydrogens is 324 g/mol. The van der Waals surface area contributed by atoms with Crippen LogP contribution in [-0.4, -0.2) is 32.3 Å². The van der Waals surface area contributed by atoms with Crippen molar-refractivity contribution in [2.45, 2.75) is 6.92 Å². The van der Waals surface area contributed by atoms with Crippen LogP contribution in [0.4, 0.5) is 14.5 Å². The van der Waals surface area contributed by atoms with Crippen molar-refractivity contribution in [1.82, 2.24) is 0 Å². The predicted octanol–water partition coefficient (Wildman–Crippen LogP) is 2.72. The molecule has 0 radical (unpaired) electrons. The lowest BCUT2D eigenvalue weighted by Gasteiger charge is -2.10. The zero-order chi connectivity index (χ0) is 14.3.